The zero-order valence-corrected chi connectivity index (χ0v) is 7.28. The second kappa shape index (κ2) is 7.78. The van der Waals surface area contributed by atoms with Crippen molar-refractivity contribution in [3.8, 4) is 0 Å². The Morgan fingerprint density at radius 1 is 1.50 bits per heavy atom. The maximum Gasteiger partial charge on any atom is 0.327 e. The van der Waals surface area contributed by atoms with Crippen LogP contribution in [0.1, 0.15) is 20.3 Å². The maximum atomic E-state index is 9.93. The molecular weight excluding hydrogens is 160 g/mol. The molecule has 0 aliphatic heterocycles. The molecule has 0 bridgehead atoms. The van der Waals surface area contributed by atoms with Gasteiger partial charge in [-0.2, -0.15) is 0 Å². The molecule has 0 fully saturated rings. The zero-order chi connectivity index (χ0) is 10.1. The van der Waals surface area contributed by atoms with E-state index in [-0.39, 0.29) is 5.92 Å². The van der Waals surface area contributed by atoms with E-state index >= 15 is 0 Å². The second-order valence-electron chi connectivity index (χ2n) is 2.19. The van der Waals surface area contributed by atoms with Crippen LogP contribution in [-0.4, -0.2) is 22.2 Å². The van der Waals surface area contributed by atoms with Gasteiger partial charge in [0.15, 0.2) is 0 Å². The lowest BCUT2D eigenvalue weighted by Crippen LogP contribution is -2.06. The Hall–Kier alpha value is -1.32. The van der Waals surface area contributed by atoms with Gasteiger partial charge in [0.2, 0.25) is 0 Å². The van der Waals surface area contributed by atoms with Crippen molar-refractivity contribution in [3.05, 3.63) is 12.7 Å². The smallest absolute Gasteiger partial charge is 0.327 e. The fraction of sp³-hybridized carbons (Fsp3) is 0.500. The lowest BCUT2D eigenvalue weighted by molar-refractivity contribution is -0.141. The van der Waals surface area contributed by atoms with Gasteiger partial charge < -0.3 is 10.2 Å². The Kier molecular flexibility index (Phi) is 8.62. The molecule has 0 radical (unpaired) electrons. The molecule has 1 atom stereocenters. The molecule has 2 N–H and O–H groups in total. The van der Waals surface area contributed by atoms with E-state index in [1.165, 1.54) is 0 Å². The summed E-state index contributed by atoms with van der Waals surface area (Å²) in [5.41, 5.74) is 0. The van der Waals surface area contributed by atoms with Gasteiger partial charge in [-0.05, 0) is 6.42 Å². The first-order valence-electron chi connectivity index (χ1n) is 3.53. The highest BCUT2D eigenvalue weighted by Crippen LogP contribution is 1.97. The molecule has 0 amide bonds. The van der Waals surface area contributed by atoms with Gasteiger partial charge in [0, 0.05) is 6.08 Å². The Bertz CT molecular complexity index is 162. The van der Waals surface area contributed by atoms with Crippen molar-refractivity contribution >= 4 is 11.9 Å². The molecule has 0 aliphatic rings. The molecule has 0 aromatic rings. The van der Waals surface area contributed by atoms with Gasteiger partial charge in [-0.15, -0.1) is 0 Å². The predicted octanol–water partition coefficient (Wildman–Crippen LogP) is 1.37. The third kappa shape index (κ3) is 11.5. The summed E-state index contributed by atoms with van der Waals surface area (Å²) in [7, 11) is 0. The first-order chi connectivity index (χ1) is 5.45. The zero-order valence-electron chi connectivity index (χ0n) is 7.28. The highest BCUT2D eigenvalue weighted by molar-refractivity contribution is 5.78. The van der Waals surface area contributed by atoms with E-state index in [9.17, 15) is 9.59 Å². The van der Waals surface area contributed by atoms with Crippen molar-refractivity contribution in [2.45, 2.75) is 20.3 Å². The van der Waals surface area contributed by atoms with Crippen molar-refractivity contribution in [2.75, 3.05) is 0 Å². The summed E-state index contributed by atoms with van der Waals surface area (Å²) in [5, 5.41) is 15.8. The Labute approximate surface area is 71.5 Å². The number of rotatable bonds is 3. The number of hydrogen-bond donors (Lipinski definition) is 2. The van der Waals surface area contributed by atoms with E-state index in [0.717, 1.165) is 12.5 Å². The van der Waals surface area contributed by atoms with Crippen molar-refractivity contribution in [1.82, 2.24) is 0 Å². The average Bonchev–Trinajstić information content (AvgIpc) is 2.04. The molecule has 12 heavy (non-hydrogen) atoms. The van der Waals surface area contributed by atoms with Gasteiger partial charge in [-0.1, -0.05) is 20.4 Å². The van der Waals surface area contributed by atoms with E-state index in [0.29, 0.717) is 0 Å². The van der Waals surface area contributed by atoms with Crippen molar-refractivity contribution in [2.24, 2.45) is 5.92 Å². The van der Waals surface area contributed by atoms with Crippen LogP contribution < -0.4 is 0 Å². The van der Waals surface area contributed by atoms with E-state index in [1.54, 1.807) is 6.92 Å². The molecule has 0 aromatic carbocycles. The molecular formula is C8H14O4. The summed E-state index contributed by atoms with van der Waals surface area (Å²) in [6.45, 7) is 6.52. The number of carboxylic acids is 2. The Morgan fingerprint density at radius 2 is 1.83 bits per heavy atom. The molecule has 70 valence electrons. The highest BCUT2D eigenvalue weighted by atomic mass is 16.4. The normalized spacial score (nSPS) is 10.5. The molecule has 0 saturated carbocycles. The van der Waals surface area contributed by atoms with E-state index < -0.39 is 11.9 Å². The molecule has 0 heterocycles. The molecule has 0 aromatic heterocycles. The number of hydrogen-bond acceptors (Lipinski definition) is 2. The summed E-state index contributed by atoms with van der Waals surface area (Å²) >= 11 is 0. The van der Waals surface area contributed by atoms with E-state index in [4.69, 9.17) is 10.2 Å². The van der Waals surface area contributed by atoms with Gasteiger partial charge >= 0.3 is 11.9 Å². The first kappa shape index (κ1) is 13.3. The lowest BCUT2D eigenvalue weighted by atomic mass is 10.1. The fourth-order valence-corrected chi connectivity index (χ4v) is 0.175. The third-order valence-corrected chi connectivity index (χ3v) is 1.21. The standard InChI is InChI=1S/C5H10O2.C3H4O2/c1-3-4(2)5(6)7;1-2-3(4)5/h4H,3H2,1-2H3,(H,6,7);2H,1H2,(H,4,5)/t4-;/m1./s1. The molecule has 0 rings (SSSR count). The summed E-state index contributed by atoms with van der Waals surface area (Å²) < 4.78 is 0. The first-order valence-corrected chi connectivity index (χ1v) is 3.53. The van der Waals surface area contributed by atoms with Crippen LogP contribution in [0.25, 0.3) is 0 Å². The number of carbonyl (C=O) groups is 2. The monoisotopic (exact) mass is 174 g/mol. The fourth-order valence-electron chi connectivity index (χ4n) is 0.175. The van der Waals surface area contributed by atoms with Crippen LogP contribution in [0.4, 0.5) is 0 Å². The van der Waals surface area contributed by atoms with Crippen LogP contribution in [0.2, 0.25) is 0 Å². The average molecular weight is 174 g/mol. The van der Waals surface area contributed by atoms with E-state index in [1.807, 2.05) is 6.92 Å². The summed E-state index contributed by atoms with van der Waals surface area (Å²) in [6, 6.07) is 0. The predicted molar refractivity (Wildman–Crippen MR) is 44.9 cm³/mol. The molecule has 0 unspecified atom stereocenters. The third-order valence-electron chi connectivity index (χ3n) is 1.21. The molecule has 4 nitrogen and oxygen atoms in total. The van der Waals surface area contributed by atoms with Crippen LogP contribution in [0, 0.1) is 5.92 Å². The van der Waals surface area contributed by atoms with Gasteiger partial charge in [0.25, 0.3) is 0 Å². The SMILES string of the molecule is C=CC(=O)O.CC[C@@H](C)C(=O)O. The van der Waals surface area contributed by atoms with Gasteiger partial charge in [0.05, 0.1) is 5.92 Å². The number of carboxylic acid groups (broad SMARTS) is 2. The van der Waals surface area contributed by atoms with Crippen LogP contribution in [0.3, 0.4) is 0 Å². The minimum absolute atomic E-state index is 0.181. The minimum atomic E-state index is -0.981. The summed E-state index contributed by atoms with van der Waals surface area (Å²) in [6.07, 6.45) is 1.55. The quantitative estimate of drug-likeness (QED) is 0.634. The summed E-state index contributed by atoms with van der Waals surface area (Å²) in [5.74, 6) is -1.87. The minimum Gasteiger partial charge on any atom is -0.481 e. The largest absolute Gasteiger partial charge is 0.481 e. The summed E-state index contributed by atoms with van der Waals surface area (Å²) in [4.78, 5) is 19.2. The van der Waals surface area contributed by atoms with Crippen molar-refractivity contribution in [1.29, 1.82) is 0 Å². The van der Waals surface area contributed by atoms with Gasteiger partial charge in [0.1, 0.15) is 0 Å². The Morgan fingerprint density at radius 3 is 1.83 bits per heavy atom. The van der Waals surface area contributed by atoms with Crippen LogP contribution in [0.5, 0.6) is 0 Å². The second-order valence-corrected chi connectivity index (χ2v) is 2.19. The van der Waals surface area contributed by atoms with Gasteiger partial charge in [-0.3, -0.25) is 4.79 Å². The van der Waals surface area contributed by atoms with Crippen LogP contribution in [-0.2, 0) is 9.59 Å². The van der Waals surface area contributed by atoms with Gasteiger partial charge in [-0.25, -0.2) is 4.79 Å². The van der Waals surface area contributed by atoms with Crippen LogP contribution >= 0.6 is 0 Å². The lowest BCUT2D eigenvalue weighted by Gasteiger charge is -1.96. The topological polar surface area (TPSA) is 74.6 Å². The maximum absolute atomic E-state index is 9.93. The number of aliphatic carboxylic acids is 2. The van der Waals surface area contributed by atoms with E-state index in [2.05, 4.69) is 6.58 Å². The molecule has 4 heteroatoms. The molecule has 0 spiro atoms. The van der Waals surface area contributed by atoms with Crippen LogP contribution in [0.15, 0.2) is 12.7 Å². The molecule has 0 aliphatic carbocycles. The van der Waals surface area contributed by atoms with Crippen molar-refractivity contribution < 1.29 is 19.8 Å². The Balaban J connectivity index is 0. The van der Waals surface area contributed by atoms with Crippen molar-refractivity contribution in [3.63, 3.8) is 0 Å². The highest BCUT2D eigenvalue weighted by Gasteiger charge is 2.05. The molecule has 0 saturated heterocycles.